The zero-order chi connectivity index (χ0) is 13.9. The molecule has 5 nitrogen and oxygen atoms in total. The van der Waals surface area contributed by atoms with Crippen molar-refractivity contribution in [2.45, 2.75) is 26.3 Å². The van der Waals surface area contributed by atoms with Crippen molar-refractivity contribution in [1.29, 1.82) is 0 Å². The second kappa shape index (κ2) is 5.35. The van der Waals surface area contributed by atoms with Crippen LogP contribution in [0.15, 0.2) is 18.3 Å². The number of amides is 1. The van der Waals surface area contributed by atoms with E-state index in [-0.39, 0.29) is 12.2 Å². The second-order valence-electron chi connectivity index (χ2n) is 4.27. The fourth-order valence-electron chi connectivity index (χ4n) is 1.57. The summed E-state index contributed by atoms with van der Waals surface area (Å²) in [7, 11) is 0. The third-order valence-electron chi connectivity index (χ3n) is 2.70. The summed E-state index contributed by atoms with van der Waals surface area (Å²) in [5, 5.41) is 9.54. The van der Waals surface area contributed by atoms with Crippen molar-refractivity contribution in [3.63, 3.8) is 0 Å². The molecule has 0 aromatic carbocycles. The highest BCUT2D eigenvalue weighted by Crippen LogP contribution is 2.18. The standard InChI is InChI=1S/C12H15ClN2O3/c1-4-15(12(2,3)11(17)18)10(16)9-7-8(13)5-6-14-9/h5-7H,4H2,1-3H3,(H,17,18). The topological polar surface area (TPSA) is 70.5 Å². The summed E-state index contributed by atoms with van der Waals surface area (Å²) < 4.78 is 0. The van der Waals surface area contributed by atoms with E-state index < -0.39 is 17.4 Å². The fraction of sp³-hybridized carbons (Fsp3) is 0.417. The van der Waals surface area contributed by atoms with E-state index in [1.807, 2.05) is 0 Å². The monoisotopic (exact) mass is 270 g/mol. The van der Waals surface area contributed by atoms with Crippen LogP contribution in [0.25, 0.3) is 0 Å². The van der Waals surface area contributed by atoms with Crippen molar-refractivity contribution in [3.05, 3.63) is 29.0 Å². The zero-order valence-corrected chi connectivity index (χ0v) is 11.2. The number of carbonyl (C=O) groups excluding carboxylic acids is 1. The molecule has 0 unspecified atom stereocenters. The molecule has 0 atom stereocenters. The van der Waals surface area contributed by atoms with Gasteiger partial charge in [-0.2, -0.15) is 0 Å². The molecule has 0 saturated heterocycles. The Hall–Kier alpha value is -1.62. The number of aliphatic carboxylic acids is 1. The normalized spacial score (nSPS) is 11.1. The van der Waals surface area contributed by atoms with E-state index in [4.69, 9.17) is 16.7 Å². The first-order valence-corrected chi connectivity index (χ1v) is 5.85. The molecule has 0 spiro atoms. The van der Waals surface area contributed by atoms with Crippen molar-refractivity contribution in [1.82, 2.24) is 9.88 Å². The molecule has 18 heavy (non-hydrogen) atoms. The number of carbonyl (C=O) groups is 2. The molecule has 6 heteroatoms. The first-order chi connectivity index (χ1) is 8.30. The number of carboxylic acid groups (broad SMARTS) is 1. The average Bonchev–Trinajstić information content (AvgIpc) is 2.29. The highest BCUT2D eigenvalue weighted by Gasteiger charge is 2.37. The lowest BCUT2D eigenvalue weighted by Gasteiger charge is -2.33. The summed E-state index contributed by atoms with van der Waals surface area (Å²) in [4.78, 5) is 28.6. The van der Waals surface area contributed by atoms with E-state index >= 15 is 0 Å². The van der Waals surface area contributed by atoms with Gasteiger partial charge in [-0.25, -0.2) is 4.79 Å². The maximum atomic E-state index is 12.2. The Balaban J connectivity index is 3.11. The quantitative estimate of drug-likeness (QED) is 0.909. The molecule has 0 aliphatic carbocycles. The number of carboxylic acids is 1. The van der Waals surface area contributed by atoms with Crippen LogP contribution in [0.3, 0.4) is 0 Å². The molecule has 1 aromatic heterocycles. The summed E-state index contributed by atoms with van der Waals surface area (Å²) in [6.45, 7) is 4.93. The van der Waals surface area contributed by atoms with Gasteiger partial charge in [0, 0.05) is 17.8 Å². The Kier molecular flexibility index (Phi) is 4.29. The van der Waals surface area contributed by atoms with E-state index in [1.165, 1.54) is 31.0 Å². The third kappa shape index (κ3) is 2.79. The van der Waals surface area contributed by atoms with Gasteiger partial charge in [-0.3, -0.25) is 9.78 Å². The van der Waals surface area contributed by atoms with Gasteiger partial charge >= 0.3 is 5.97 Å². The third-order valence-corrected chi connectivity index (χ3v) is 2.94. The molecule has 1 rings (SSSR count). The summed E-state index contributed by atoms with van der Waals surface area (Å²) >= 11 is 5.79. The number of rotatable bonds is 4. The number of halogens is 1. The Bertz CT molecular complexity index is 474. The van der Waals surface area contributed by atoms with Crippen LogP contribution >= 0.6 is 11.6 Å². The maximum absolute atomic E-state index is 12.2. The van der Waals surface area contributed by atoms with E-state index in [0.717, 1.165) is 0 Å². The molecule has 1 heterocycles. The summed E-state index contributed by atoms with van der Waals surface area (Å²) in [6.07, 6.45) is 1.41. The summed E-state index contributed by atoms with van der Waals surface area (Å²) in [6, 6.07) is 2.97. The van der Waals surface area contributed by atoms with E-state index in [2.05, 4.69) is 4.98 Å². The molecule has 1 amide bonds. The van der Waals surface area contributed by atoms with Gasteiger partial charge in [0.1, 0.15) is 11.2 Å². The molecule has 0 fully saturated rings. The molecule has 0 radical (unpaired) electrons. The predicted molar refractivity (Wildman–Crippen MR) is 67.7 cm³/mol. The summed E-state index contributed by atoms with van der Waals surface area (Å²) in [5.74, 6) is -1.52. The van der Waals surface area contributed by atoms with Gasteiger partial charge in [-0.15, -0.1) is 0 Å². The smallest absolute Gasteiger partial charge is 0.329 e. The van der Waals surface area contributed by atoms with Gasteiger partial charge in [0.15, 0.2) is 0 Å². The van der Waals surface area contributed by atoms with Crippen molar-refractivity contribution in [2.75, 3.05) is 6.54 Å². The van der Waals surface area contributed by atoms with Crippen molar-refractivity contribution >= 4 is 23.5 Å². The van der Waals surface area contributed by atoms with Crippen LogP contribution in [-0.2, 0) is 4.79 Å². The van der Waals surface area contributed by atoms with Crippen molar-refractivity contribution in [3.8, 4) is 0 Å². The van der Waals surface area contributed by atoms with Gasteiger partial charge < -0.3 is 10.0 Å². The lowest BCUT2D eigenvalue weighted by Crippen LogP contribution is -2.53. The predicted octanol–water partition coefficient (Wildman–Crippen LogP) is 2.06. The van der Waals surface area contributed by atoms with Crippen molar-refractivity contribution < 1.29 is 14.7 Å². The molecule has 0 saturated carbocycles. The Morgan fingerprint density at radius 1 is 1.50 bits per heavy atom. The SMILES string of the molecule is CCN(C(=O)c1cc(Cl)ccn1)C(C)(C)C(=O)O. The lowest BCUT2D eigenvalue weighted by molar-refractivity contribution is -0.147. The number of pyridine rings is 1. The number of aromatic nitrogens is 1. The average molecular weight is 271 g/mol. The van der Waals surface area contributed by atoms with Crippen molar-refractivity contribution in [2.24, 2.45) is 0 Å². The molecule has 0 bridgehead atoms. The molecule has 0 aliphatic heterocycles. The number of nitrogens with zero attached hydrogens (tertiary/aromatic N) is 2. The van der Waals surface area contributed by atoms with Crippen LogP contribution in [0.1, 0.15) is 31.3 Å². The maximum Gasteiger partial charge on any atom is 0.329 e. The van der Waals surface area contributed by atoms with Gasteiger partial charge in [0.25, 0.3) is 5.91 Å². The van der Waals surface area contributed by atoms with E-state index in [9.17, 15) is 9.59 Å². The molecule has 0 aliphatic rings. The minimum absolute atomic E-state index is 0.138. The van der Waals surface area contributed by atoms with Crippen LogP contribution in [0.4, 0.5) is 0 Å². The fourth-order valence-corrected chi connectivity index (χ4v) is 1.73. The van der Waals surface area contributed by atoms with Gasteiger partial charge in [0.2, 0.25) is 0 Å². The Morgan fingerprint density at radius 3 is 2.56 bits per heavy atom. The minimum Gasteiger partial charge on any atom is -0.480 e. The lowest BCUT2D eigenvalue weighted by atomic mass is 10.0. The van der Waals surface area contributed by atoms with E-state index in [1.54, 1.807) is 13.0 Å². The molecule has 1 N–H and O–H groups in total. The van der Waals surface area contributed by atoms with Crippen LogP contribution in [0, 0.1) is 0 Å². The van der Waals surface area contributed by atoms with Crippen LogP contribution in [-0.4, -0.2) is 39.0 Å². The van der Waals surface area contributed by atoms with Crippen LogP contribution in [0.5, 0.6) is 0 Å². The Morgan fingerprint density at radius 2 is 2.11 bits per heavy atom. The highest BCUT2D eigenvalue weighted by atomic mass is 35.5. The second-order valence-corrected chi connectivity index (χ2v) is 4.71. The van der Waals surface area contributed by atoms with E-state index in [0.29, 0.717) is 5.02 Å². The van der Waals surface area contributed by atoms with Gasteiger partial charge in [0.05, 0.1) is 0 Å². The number of hydrogen-bond acceptors (Lipinski definition) is 3. The molecular weight excluding hydrogens is 256 g/mol. The van der Waals surface area contributed by atoms with Gasteiger partial charge in [-0.1, -0.05) is 11.6 Å². The Labute approximate surface area is 110 Å². The summed E-state index contributed by atoms with van der Waals surface area (Å²) in [5.41, 5.74) is -1.16. The van der Waals surface area contributed by atoms with Gasteiger partial charge in [-0.05, 0) is 32.9 Å². The zero-order valence-electron chi connectivity index (χ0n) is 10.5. The molecule has 98 valence electrons. The largest absolute Gasteiger partial charge is 0.480 e. The first-order valence-electron chi connectivity index (χ1n) is 5.47. The highest BCUT2D eigenvalue weighted by molar-refractivity contribution is 6.30. The molecular formula is C12H15ClN2O3. The number of hydrogen-bond donors (Lipinski definition) is 1. The van der Waals surface area contributed by atoms with Crippen LogP contribution in [0.2, 0.25) is 5.02 Å². The van der Waals surface area contributed by atoms with Crippen LogP contribution < -0.4 is 0 Å². The molecule has 1 aromatic rings. The first kappa shape index (κ1) is 14.4. The number of likely N-dealkylation sites (N-methyl/N-ethyl adjacent to an activating group) is 1. The minimum atomic E-state index is -1.30.